The number of rotatable bonds is 5. The average Bonchev–Trinajstić information content (AvgIpc) is 2.64. The number of H-pyrrole nitrogens is 1. The molecule has 0 fully saturated rings. The van der Waals surface area contributed by atoms with Crippen LogP contribution in [0, 0.1) is 0 Å². The standard InChI is InChI=1S/C8H14N4O3S/c1-2-16(14,15)4-3-10-8(13)6-5-7(9)12-11-6/h5H,2-4H2,1H3,(H,10,13)(H3,9,11,12). The molecule has 7 nitrogen and oxygen atoms in total. The molecule has 0 spiro atoms. The highest BCUT2D eigenvalue weighted by atomic mass is 32.2. The molecule has 8 heteroatoms. The monoisotopic (exact) mass is 246 g/mol. The molecule has 0 unspecified atom stereocenters. The van der Waals surface area contributed by atoms with E-state index in [1.165, 1.54) is 6.07 Å². The van der Waals surface area contributed by atoms with Crippen LogP contribution in [-0.4, -0.2) is 42.6 Å². The number of carbonyl (C=O) groups excluding carboxylic acids is 1. The summed E-state index contributed by atoms with van der Waals surface area (Å²) in [6.07, 6.45) is 0. The van der Waals surface area contributed by atoms with Gasteiger partial charge in [-0.05, 0) is 0 Å². The second-order valence-electron chi connectivity index (χ2n) is 3.20. The lowest BCUT2D eigenvalue weighted by molar-refractivity contribution is 0.0951. The molecular formula is C8H14N4O3S. The molecule has 1 rings (SSSR count). The van der Waals surface area contributed by atoms with Gasteiger partial charge in [-0.15, -0.1) is 0 Å². The predicted molar refractivity (Wildman–Crippen MR) is 59.7 cm³/mol. The van der Waals surface area contributed by atoms with Gasteiger partial charge in [0.15, 0.2) is 9.84 Å². The molecule has 0 aliphatic rings. The van der Waals surface area contributed by atoms with E-state index in [2.05, 4.69) is 15.5 Å². The summed E-state index contributed by atoms with van der Waals surface area (Å²) in [5.74, 6) is -0.208. The van der Waals surface area contributed by atoms with Crippen LogP contribution in [-0.2, 0) is 9.84 Å². The first kappa shape index (κ1) is 12.5. The van der Waals surface area contributed by atoms with Crippen molar-refractivity contribution in [1.29, 1.82) is 0 Å². The number of carbonyl (C=O) groups is 1. The van der Waals surface area contributed by atoms with Gasteiger partial charge in [0.25, 0.3) is 5.91 Å². The smallest absolute Gasteiger partial charge is 0.269 e. The second kappa shape index (κ2) is 4.97. The van der Waals surface area contributed by atoms with Gasteiger partial charge in [0, 0.05) is 18.4 Å². The largest absolute Gasteiger partial charge is 0.382 e. The highest BCUT2D eigenvalue weighted by Gasteiger charge is 2.11. The lowest BCUT2D eigenvalue weighted by Gasteiger charge is -2.03. The summed E-state index contributed by atoms with van der Waals surface area (Å²) in [5, 5.41) is 8.47. The Labute approximate surface area is 93.3 Å². The first-order valence-electron chi connectivity index (χ1n) is 4.74. The van der Waals surface area contributed by atoms with Crippen LogP contribution in [0.1, 0.15) is 17.4 Å². The molecule has 0 atom stereocenters. The summed E-state index contributed by atoms with van der Waals surface area (Å²) in [6.45, 7) is 1.64. The Balaban J connectivity index is 2.43. The molecule has 1 amide bonds. The van der Waals surface area contributed by atoms with Gasteiger partial charge in [-0.1, -0.05) is 6.92 Å². The van der Waals surface area contributed by atoms with Crippen molar-refractivity contribution in [2.24, 2.45) is 0 Å². The van der Waals surface area contributed by atoms with Crippen molar-refractivity contribution < 1.29 is 13.2 Å². The molecule has 90 valence electrons. The van der Waals surface area contributed by atoms with Crippen molar-refractivity contribution in [3.05, 3.63) is 11.8 Å². The van der Waals surface area contributed by atoms with Crippen LogP contribution in [0.2, 0.25) is 0 Å². The molecule has 1 aromatic heterocycles. The first-order chi connectivity index (χ1) is 7.44. The van der Waals surface area contributed by atoms with E-state index < -0.39 is 15.7 Å². The van der Waals surface area contributed by atoms with E-state index in [4.69, 9.17) is 5.73 Å². The zero-order valence-corrected chi connectivity index (χ0v) is 9.67. The Morgan fingerprint density at radius 1 is 1.62 bits per heavy atom. The quantitative estimate of drug-likeness (QED) is 0.626. The molecule has 0 aliphatic carbocycles. The number of anilines is 1. The number of nitrogens with one attached hydrogen (secondary N) is 2. The fourth-order valence-corrected chi connectivity index (χ4v) is 1.71. The van der Waals surface area contributed by atoms with Crippen molar-refractivity contribution in [3.63, 3.8) is 0 Å². The van der Waals surface area contributed by atoms with E-state index in [1.807, 2.05) is 0 Å². The third-order valence-corrected chi connectivity index (χ3v) is 3.69. The molecule has 4 N–H and O–H groups in total. The van der Waals surface area contributed by atoms with Crippen molar-refractivity contribution in [3.8, 4) is 0 Å². The molecule has 0 saturated heterocycles. The maximum Gasteiger partial charge on any atom is 0.269 e. The van der Waals surface area contributed by atoms with Gasteiger partial charge in [-0.2, -0.15) is 5.10 Å². The molecule has 0 saturated carbocycles. The van der Waals surface area contributed by atoms with E-state index >= 15 is 0 Å². The Hall–Kier alpha value is -1.57. The van der Waals surface area contributed by atoms with E-state index in [9.17, 15) is 13.2 Å². The Morgan fingerprint density at radius 2 is 2.31 bits per heavy atom. The molecule has 1 aromatic rings. The minimum atomic E-state index is -3.06. The molecule has 0 bridgehead atoms. The Bertz CT molecular complexity index is 465. The molecule has 0 aromatic carbocycles. The third kappa shape index (κ3) is 3.54. The number of aromatic amines is 1. The minimum absolute atomic E-state index is 0.0693. The summed E-state index contributed by atoms with van der Waals surface area (Å²) in [7, 11) is -3.06. The molecule has 0 aliphatic heterocycles. The minimum Gasteiger partial charge on any atom is -0.382 e. The maximum atomic E-state index is 11.4. The van der Waals surface area contributed by atoms with Gasteiger partial charge in [0.05, 0.1) is 5.75 Å². The Morgan fingerprint density at radius 3 is 2.81 bits per heavy atom. The van der Waals surface area contributed by atoms with Crippen LogP contribution < -0.4 is 11.1 Å². The summed E-state index contributed by atoms with van der Waals surface area (Å²) in [5.41, 5.74) is 5.53. The number of hydrogen-bond donors (Lipinski definition) is 3. The van der Waals surface area contributed by atoms with Gasteiger partial charge in [-0.3, -0.25) is 9.89 Å². The highest BCUT2D eigenvalue weighted by Crippen LogP contribution is 1.99. The number of hydrogen-bond acceptors (Lipinski definition) is 5. The number of amides is 1. The van der Waals surface area contributed by atoms with Crippen LogP contribution >= 0.6 is 0 Å². The summed E-state index contributed by atoms with van der Waals surface area (Å²) in [4.78, 5) is 11.4. The lowest BCUT2D eigenvalue weighted by Crippen LogP contribution is -2.29. The van der Waals surface area contributed by atoms with E-state index in [0.717, 1.165) is 0 Å². The van der Waals surface area contributed by atoms with Crippen molar-refractivity contribution >= 4 is 21.6 Å². The van der Waals surface area contributed by atoms with Crippen LogP contribution in [0.3, 0.4) is 0 Å². The van der Waals surface area contributed by atoms with Crippen molar-refractivity contribution in [1.82, 2.24) is 15.5 Å². The number of nitrogens with two attached hydrogens (primary N) is 1. The first-order valence-corrected chi connectivity index (χ1v) is 6.56. The van der Waals surface area contributed by atoms with E-state index in [-0.39, 0.29) is 29.6 Å². The topological polar surface area (TPSA) is 118 Å². The molecule has 16 heavy (non-hydrogen) atoms. The number of nitrogens with zero attached hydrogens (tertiary/aromatic N) is 1. The summed E-state index contributed by atoms with van der Waals surface area (Å²) >= 11 is 0. The maximum absolute atomic E-state index is 11.4. The van der Waals surface area contributed by atoms with E-state index in [1.54, 1.807) is 6.92 Å². The zero-order chi connectivity index (χ0) is 12.2. The van der Waals surface area contributed by atoms with Crippen LogP contribution in [0.5, 0.6) is 0 Å². The van der Waals surface area contributed by atoms with Crippen molar-refractivity contribution in [2.75, 3.05) is 23.8 Å². The van der Waals surface area contributed by atoms with Crippen molar-refractivity contribution in [2.45, 2.75) is 6.92 Å². The summed E-state index contributed by atoms with van der Waals surface area (Å²) < 4.78 is 22.3. The van der Waals surface area contributed by atoms with Gasteiger partial charge in [0.2, 0.25) is 0 Å². The fourth-order valence-electron chi connectivity index (χ4n) is 1.01. The zero-order valence-electron chi connectivity index (χ0n) is 8.86. The highest BCUT2D eigenvalue weighted by molar-refractivity contribution is 7.91. The number of nitrogen functional groups attached to an aromatic ring is 1. The summed E-state index contributed by atoms with van der Waals surface area (Å²) in [6, 6.07) is 1.38. The number of aromatic nitrogens is 2. The van der Waals surface area contributed by atoms with E-state index in [0.29, 0.717) is 0 Å². The van der Waals surface area contributed by atoms with Gasteiger partial charge >= 0.3 is 0 Å². The van der Waals surface area contributed by atoms with Gasteiger partial charge < -0.3 is 11.1 Å². The second-order valence-corrected chi connectivity index (χ2v) is 5.67. The molecular weight excluding hydrogens is 232 g/mol. The van der Waals surface area contributed by atoms with Crippen LogP contribution in [0.15, 0.2) is 6.07 Å². The van der Waals surface area contributed by atoms with Crippen LogP contribution in [0.4, 0.5) is 5.82 Å². The average molecular weight is 246 g/mol. The lowest BCUT2D eigenvalue weighted by atomic mass is 10.4. The van der Waals surface area contributed by atoms with Gasteiger partial charge in [0.1, 0.15) is 11.5 Å². The molecule has 0 radical (unpaired) electrons. The third-order valence-electron chi connectivity index (χ3n) is 1.98. The predicted octanol–water partition coefficient (Wildman–Crippen LogP) is -0.844. The SMILES string of the molecule is CCS(=O)(=O)CCNC(=O)c1cc(N)n[nH]1. The Kier molecular flexibility index (Phi) is 3.88. The fraction of sp³-hybridized carbons (Fsp3) is 0.500. The number of sulfone groups is 1. The molecule has 1 heterocycles. The van der Waals surface area contributed by atoms with Crippen LogP contribution in [0.25, 0.3) is 0 Å². The van der Waals surface area contributed by atoms with Gasteiger partial charge in [-0.25, -0.2) is 8.42 Å². The normalized spacial score (nSPS) is 11.3.